The molecule has 0 saturated heterocycles. The highest BCUT2D eigenvalue weighted by molar-refractivity contribution is 7.27. The summed E-state index contributed by atoms with van der Waals surface area (Å²) in [6.45, 7) is 1.26. The predicted octanol–water partition coefficient (Wildman–Crippen LogP) is 2.95. The Morgan fingerprint density at radius 1 is 1.23 bits per heavy atom. The van der Waals surface area contributed by atoms with Crippen LogP contribution < -0.4 is 10.0 Å². The van der Waals surface area contributed by atoms with Crippen molar-refractivity contribution in [1.29, 1.82) is 0 Å². The molecule has 1 saturated carbocycles. The number of halogens is 3. The second kappa shape index (κ2) is 7.74. The van der Waals surface area contributed by atoms with E-state index in [0.29, 0.717) is 22.1 Å². The van der Waals surface area contributed by atoms with Crippen molar-refractivity contribution in [3.05, 3.63) is 36.4 Å². The first kappa shape index (κ1) is 21.5. The average molecular weight is 452 g/mol. The van der Waals surface area contributed by atoms with Crippen LogP contribution in [0.5, 0.6) is 5.88 Å². The van der Waals surface area contributed by atoms with Gasteiger partial charge >= 0.3 is 0 Å². The van der Waals surface area contributed by atoms with Gasteiger partial charge in [-0.15, -0.1) is 10.2 Å². The van der Waals surface area contributed by atoms with Crippen molar-refractivity contribution in [1.82, 2.24) is 19.6 Å². The van der Waals surface area contributed by atoms with Gasteiger partial charge in [0, 0.05) is 28.8 Å². The molecule has 0 aliphatic heterocycles. The summed E-state index contributed by atoms with van der Waals surface area (Å²) in [5, 5.41) is 8.27. The maximum atomic E-state index is 14.9. The number of alkyl halides is 3. The summed E-state index contributed by atoms with van der Waals surface area (Å²) in [5.74, 6) is -2.66. The van der Waals surface area contributed by atoms with Crippen molar-refractivity contribution in [3.63, 3.8) is 0 Å². The third-order valence-electron chi connectivity index (χ3n) is 4.61. The fraction of sp³-hybridized carbons (Fsp3) is 0.389. The molecule has 0 bridgehead atoms. The fourth-order valence-corrected chi connectivity index (χ4v) is 3.14. The zero-order chi connectivity index (χ0) is 21.7. The number of rotatable bonds is 7. The van der Waals surface area contributed by atoms with E-state index in [-0.39, 0.29) is 17.8 Å². The molecule has 0 spiro atoms. The van der Waals surface area contributed by atoms with Crippen LogP contribution in [-0.4, -0.2) is 45.3 Å². The topological polar surface area (TPSA) is 61.5 Å². The number of pyridine rings is 2. The predicted molar refractivity (Wildman–Crippen MR) is 113 cm³/mol. The van der Waals surface area contributed by atoms with Crippen LogP contribution >= 0.6 is 18.5 Å². The van der Waals surface area contributed by atoms with Gasteiger partial charge in [-0.05, 0) is 38.0 Å². The zero-order valence-electron chi connectivity index (χ0n) is 15.9. The number of nitrogens with zero attached hydrogens (tertiary/aromatic N) is 4. The molecule has 1 aliphatic rings. The molecule has 4 rings (SSSR count). The summed E-state index contributed by atoms with van der Waals surface area (Å²) in [6.07, 6.45) is 3.01. The molecule has 4 atom stereocenters. The minimum Gasteiger partial charge on any atom is -0.467 e. The maximum Gasteiger partial charge on any atom is 0.294 e. The van der Waals surface area contributed by atoms with E-state index in [9.17, 15) is 13.2 Å². The number of ether oxygens (including phenoxy) is 2. The van der Waals surface area contributed by atoms with Crippen molar-refractivity contribution in [2.75, 3.05) is 0 Å². The molecular formula is C18H18BF3N4O2P2. The Balaban J connectivity index is 1.64. The highest BCUT2D eigenvalue weighted by Crippen LogP contribution is 2.34. The first-order valence-corrected chi connectivity index (χ1v) is 10.3. The smallest absolute Gasteiger partial charge is 0.294 e. The van der Waals surface area contributed by atoms with Crippen molar-refractivity contribution < 1.29 is 22.6 Å². The van der Waals surface area contributed by atoms with Gasteiger partial charge in [-0.2, -0.15) is 8.78 Å². The molecule has 0 N–H and O–H groups in total. The van der Waals surface area contributed by atoms with Gasteiger partial charge in [0.25, 0.3) is 5.66 Å². The van der Waals surface area contributed by atoms with Crippen LogP contribution in [0.15, 0.2) is 30.6 Å². The molecule has 3 aromatic rings. The lowest BCUT2D eigenvalue weighted by molar-refractivity contribution is -0.0995. The Bertz CT molecular complexity index is 1090. The van der Waals surface area contributed by atoms with E-state index in [1.54, 1.807) is 24.4 Å². The maximum absolute atomic E-state index is 14.9. The van der Waals surface area contributed by atoms with E-state index in [4.69, 9.17) is 17.3 Å². The SMILES string of the molecule is [B]C(F)(OC1CC1)c1nnc2ccc(-c3cnc(OC(C)C(F)(F)P)c(P)c3)cn12. The summed E-state index contributed by atoms with van der Waals surface area (Å²) in [6, 6.07) is 5.12. The Kier molecular flexibility index (Phi) is 5.54. The lowest BCUT2D eigenvalue weighted by Gasteiger charge is -2.21. The highest BCUT2D eigenvalue weighted by atomic mass is 31.0. The Morgan fingerprint density at radius 3 is 2.60 bits per heavy atom. The van der Waals surface area contributed by atoms with Gasteiger partial charge in [0.2, 0.25) is 11.6 Å². The van der Waals surface area contributed by atoms with E-state index >= 15 is 0 Å². The zero-order valence-corrected chi connectivity index (χ0v) is 18.2. The van der Waals surface area contributed by atoms with Gasteiger partial charge in [-0.25, -0.2) is 9.37 Å². The molecular weight excluding hydrogens is 434 g/mol. The summed E-state index contributed by atoms with van der Waals surface area (Å²) in [4.78, 5) is 4.15. The summed E-state index contributed by atoms with van der Waals surface area (Å²) < 4.78 is 53.5. The van der Waals surface area contributed by atoms with Crippen LogP contribution in [0.2, 0.25) is 0 Å². The van der Waals surface area contributed by atoms with E-state index in [1.807, 2.05) is 0 Å². The molecule has 156 valence electrons. The van der Waals surface area contributed by atoms with E-state index < -0.39 is 17.5 Å². The molecule has 12 heteroatoms. The summed E-state index contributed by atoms with van der Waals surface area (Å²) in [5.41, 5.74) is -1.37. The quantitative estimate of drug-likeness (QED) is 0.408. The van der Waals surface area contributed by atoms with E-state index in [0.717, 1.165) is 12.8 Å². The highest BCUT2D eigenvalue weighted by Gasteiger charge is 2.38. The number of fused-ring (bicyclic) bond motifs is 1. The van der Waals surface area contributed by atoms with Crippen LogP contribution in [-0.2, 0) is 10.5 Å². The van der Waals surface area contributed by atoms with Gasteiger partial charge in [0.05, 0.1) is 6.10 Å². The largest absolute Gasteiger partial charge is 0.467 e. The van der Waals surface area contributed by atoms with Gasteiger partial charge in [-0.3, -0.25) is 4.40 Å². The molecule has 30 heavy (non-hydrogen) atoms. The monoisotopic (exact) mass is 452 g/mol. The fourth-order valence-electron chi connectivity index (χ4n) is 2.75. The van der Waals surface area contributed by atoms with Gasteiger partial charge in [0.15, 0.2) is 25.4 Å². The van der Waals surface area contributed by atoms with Crippen molar-refractivity contribution in [3.8, 4) is 17.0 Å². The molecule has 6 nitrogen and oxygen atoms in total. The Hall–Kier alpha value is -1.76. The second-order valence-electron chi connectivity index (χ2n) is 7.18. The third-order valence-corrected chi connectivity index (χ3v) is 5.50. The van der Waals surface area contributed by atoms with Gasteiger partial charge < -0.3 is 9.47 Å². The Labute approximate surface area is 176 Å². The first-order chi connectivity index (χ1) is 14.0. The minimum atomic E-state index is -3.09. The van der Waals surface area contributed by atoms with Crippen LogP contribution in [0.1, 0.15) is 25.6 Å². The van der Waals surface area contributed by atoms with Crippen molar-refractivity contribution in [2.45, 2.75) is 43.4 Å². The summed E-state index contributed by atoms with van der Waals surface area (Å²) >= 11 is 0. The normalized spacial score (nSPS) is 17.7. The van der Waals surface area contributed by atoms with Crippen molar-refractivity contribution >= 4 is 37.3 Å². The molecule has 1 aliphatic carbocycles. The number of aromatic nitrogens is 4. The minimum absolute atomic E-state index is 0.0759. The van der Waals surface area contributed by atoms with Crippen LogP contribution in [0, 0.1) is 0 Å². The van der Waals surface area contributed by atoms with Gasteiger partial charge in [-0.1, -0.05) is 18.5 Å². The molecule has 2 radical (unpaired) electrons. The van der Waals surface area contributed by atoms with E-state index in [1.165, 1.54) is 26.8 Å². The number of hydrogen-bond acceptors (Lipinski definition) is 5. The van der Waals surface area contributed by atoms with Crippen LogP contribution in [0.4, 0.5) is 13.2 Å². The molecule has 0 aromatic carbocycles. The standard InChI is InChI=1S/C18H18BF3N4O2P2/c1-9(18(21,22)30)27-15-13(29)6-11(7-23-15)10-2-5-14-24-25-16(26(14)8-10)17(19,20)28-12-3-4-12/h2,5-9,12H,3-4,29-30H2,1H3. The average Bonchev–Trinajstić information content (AvgIpc) is 3.35. The first-order valence-electron chi connectivity index (χ1n) is 9.14. The van der Waals surface area contributed by atoms with E-state index in [2.05, 4.69) is 24.4 Å². The van der Waals surface area contributed by atoms with Crippen LogP contribution in [0.25, 0.3) is 16.8 Å². The van der Waals surface area contributed by atoms with Crippen LogP contribution in [0.3, 0.4) is 0 Å². The summed E-state index contributed by atoms with van der Waals surface area (Å²) in [7, 11) is 9.56. The third kappa shape index (κ3) is 4.46. The molecule has 1 fully saturated rings. The lowest BCUT2D eigenvalue weighted by Crippen LogP contribution is -2.31. The molecule has 3 heterocycles. The number of hydrogen-bond donors (Lipinski definition) is 0. The second-order valence-corrected chi connectivity index (χ2v) is 8.58. The Morgan fingerprint density at radius 2 is 1.97 bits per heavy atom. The van der Waals surface area contributed by atoms with Crippen molar-refractivity contribution in [2.24, 2.45) is 0 Å². The molecule has 3 aromatic heterocycles. The molecule has 4 unspecified atom stereocenters. The van der Waals surface area contributed by atoms with Gasteiger partial charge in [0.1, 0.15) is 0 Å². The molecule has 0 amide bonds. The lowest BCUT2D eigenvalue weighted by atomic mass is 9.95.